The van der Waals surface area contributed by atoms with Gasteiger partial charge in [0.05, 0.1) is 0 Å². The van der Waals surface area contributed by atoms with Crippen LogP contribution in [-0.4, -0.2) is 6.54 Å². The first-order chi connectivity index (χ1) is 3.77. The SMILES string of the molecule is [C-]#[N+]CCCC(C)C. The zero-order valence-electron chi connectivity index (χ0n) is 5.65. The van der Waals surface area contributed by atoms with Gasteiger partial charge >= 0.3 is 0 Å². The Morgan fingerprint density at radius 1 is 1.50 bits per heavy atom. The van der Waals surface area contributed by atoms with Gasteiger partial charge in [0.1, 0.15) is 0 Å². The molecule has 1 nitrogen and oxygen atoms in total. The molecule has 0 aliphatic heterocycles. The minimum absolute atomic E-state index is 0.707. The van der Waals surface area contributed by atoms with E-state index in [-0.39, 0.29) is 0 Å². The van der Waals surface area contributed by atoms with Crippen LogP contribution in [0.1, 0.15) is 26.7 Å². The fourth-order valence-electron chi connectivity index (χ4n) is 0.579. The predicted molar refractivity (Wildman–Crippen MR) is 35.5 cm³/mol. The maximum absolute atomic E-state index is 6.47. The third-order valence-electron chi connectivity index (χ3n) is 1.05. The van der Waals surface area contributed by atoms with Crippen LogP contribution >= 0.6 is 0 Å². The Morgan fingerprint density at radius 2 is 2.12 bits per heavy atom. The molecule has 0 saturated heterocycles. The van der Waals surface area contributed by atoms with Crippen LogP contribution in [-0.2, 0) is 0 Å². The van der Waals surface area contributed by atoms with E-state index in [0.717, 1.165) is 12.3 Å². The molecule has 0 unspecified atom stereocenters. The van der Waals surface area contributed by atoms with E-state index in [0.29, 0.717) is 6.54 Å². The Morgan fingerprint density at radius 3 is 2.50 bits per heavy atom. The summed E-state index contributed by atoms with van der Waals surface area (Å²) in [6.07, 6.45) is 2.27. The van der Waals surface area contributed by atoms with Gasteiger partial charge in [-0.15, -0.1) is 0 Å². The number of hydrogen-bond donors (Lipinski definition) is 0. The van der Waals surface area contributed by atoms with Gasteiger partial charge in [0.2, 0.25) is 6.54 Å². The first-order valence-corrected chi connectivity index (χ1v) is 3.10. The van der Waals surface area contributed by atoms with E-state index < -0.39 is 0 Å². The lowest BCUT2D eigenvalue weighted by Crippen LogP contribution is -1.87. The molecule has 0 heterocycles. The maximum Gasteiger partial charge on any atom is 0.214 e. The van der Waals surface area contributed by atoms with Crippen molar-refractivity contribution < 1.29 is 0 Å². The molecule has 0 saturated carbocycles. The van der Waals surface area contributed by atoms with Crippen molar-refractivity contribution in [3.05, 3.63) is 11.4 Å². The van der Waals surface area contributed by atoms with Crippen molar-refractivity contribution in [2.45, 2.75) is 26.7 Å². The average Bonchev–Trinajstić information content (AvgIpc) is 1.66. The largest absolute Gasteiger partial charge is 0.317 e. The van der Waals surface area contributed by atoms with E-state index in [2.05, 4.69) is 18.7 Å². The fourth-order valence-corrected chi connectivity index (χ4v) is 0.579. The van der Waals surface area contributed by atoms with Gasteiger partial charge in [0, 0.05) is 6.42 Å². The Hall–Kier alpha value is -0.510. The molecule has 0 aliphatic rings. The molecule has 0 fully saturated rings. The molecule has 0 aliphatic carbocycles. The molecule has 0 rings (SSSR count). The third kappa shape index (κ3) is 5.49. The molecule has 0 aromatic heterocycles. The average molecular weight is 111 g/mol. The van der Waals surface area contributed by atoms with Gasteiger partial charge in [-0.25, -0.2) is 6.57 Å². The number of rotatable bonds is 3. The second-order valence-corrected chi connectivity index (χ2v) is 2.42. The Bertz CT molecular complexity index is 78.9. The highest BCUT2D eigenvalue weighted by Gasteiger charge is 1.92. The second kappa shape index (κ2) is 4.64. The summed E-state index contributed by atoms with van der Waals surface area (Å²) in [5.41, 5.74) is 0. The zero-order valence-corrected chi connectivity index (χ0v) is 5.65. The molecule has 0 radical (unpaired) electrons. The van der Waals surface area contributed by atoms with E-state index in [1.807, 2.05) is 0 Å². The van der Waals surface area contributed by atoms with Crippen LogP contribution in [0.25, 0.3) is 4.85 Å². The van der Waals surface area contributed by atoms with Crippen LogP contribution in [0.2, 0.25) is 0 Å². The zero-order chi connectivity index (χ0) is 6.41. The van der Waals surface area contributed by atoms with Crippen LogP contribution in [0, 0.1) is 12.5 Å². The first-order valence-electron chi connectivity index (χ1n) is 3.10. The van der Waals surface area contributed by atoms with Crippen molar-refractivity contribution in [3.63, 3.8) is 0 Å². The Balaban J connectivity index is 2.85. The van der Waals surface area contributed by atoms with Gasteiger partial charge in [0.25, 0.3) is 0 Å². The number of hydrogen-bond acceptors (Lipinski definition) is 0. The predicted octanol–water partition coefficient (Wildman–Crippen LogP) is 2.34. The smallest absolute Gasteiger partial charge is 0.214 e. The molecule has 0 spiro atoms. The van der Waals surface area contributed by atoms with Crippen molar-refractivity contribution in [2.24, 2.45) is 5.92 Å². The minimum Gasteiger partial charge on any atom is -0.317 e. The molecule has 0 aromatic rings. The van der Waals surface area contributed by atoms with Gasteiger partial charge in [-0.05, 0) is 12.3 Å². The lowest BCUT2D eigenvalue weighted by Gasteiger charge is -1.96. The standard InChI is InChI=1S/C7H13N/c1-7(2)5-4-6-8-3/h7H,4-6H2,1-2H3. The summed E-state index contributed by atoms with van der Waals surface area (Å²) in [5, 5.41) is 0. The summed E-state index contributed by atoms with van der Waals surface area (Å²) in [4.78, 5) is 3.26. The van der Waals surface area contributed by atoms with E-state index in [9.17, 15) is 0 Å². The molecule has 0 bridgehead atoms. The molecule has 0 atom stereocenters. The van der Waals surface area contributed by atoms with E-state index >= 15 is 0 Å². The summed E-state index contributed by atoms with van der Waals surface area (Å²) < 4.78 is 0. The van der Waals surface area contributed by atoms with Gasteiger partial charge < -0.3 is 4.85 Å². The van der Waals surface area contributed by atoms with E-state index in [4.69, 9.17) is 6.57 Å². The fraction of sp³-hybridized carbons (Fsp3) is 0.857. The topological polar surface area (TPSA) is 4.36 Å². The molecule has 0 N–H and O–H groups in total. The molecule has 8 heavy (non-hydrogen) atoms. The van der Waals surface area contributed by atoms with Crippen LogP contribution in [0.15, 0.2) is 0 Å². The minimum atomic E-state index is 0.707. The molecular weight excluding hydrogens is 98.1 g/mol. The monoisotopic (exact) mass is 111 g/mol. The van der Waals surface area contributed by atoms with Crippen LogP contribution < -0.4 is 0 Å². The summed E-state index contributed by atoms with van der Waals surface area (Å²) >= 11 is 0. The summed E-state index contributed by atoms with van der Waals surface area (Å²) in [6, 6.07) is 0. The van der Waals surface area contributed by atoms with Gasteiger partial charge in [-0.2, -0.15) is 0 Å². The molecule has 0 amide bonds. The third-order valence-corrected chi connectivity index (χ3v) is 1.05. The lowest BCUT2D eigenvalue weighted by atomic mass is 10.1. The van der Waals surface area contributed by atoms with Crippen LogP contribution in [0.4, 0.5) is 0 Å². The molecular formula is C7H13N. The van der Waals surface area contributed by atoms with E-state index in [1.54, 1.807) is 0 Å². The Kier molecular flexibility index (Phi) is 4.35. The van der Waals surface area contributed by atoms with Gasteiger partial charge in [-0.1, -0.05) is 13.8 Å². The number of nitrogens with zero attached hydrogens (tertiary/aromatic N) is 1. The summed E-state index contributed by atoms with van der Waals surface area (Å²) in [6.45, 7) is 11.5. The highest BCUT2D eigenvalue weighted by atomic mass is 14.6. The van der Waals surface area contributed by atoms with Crippen molar-refractivity contribution in [3.8, 4) is 0 Å². The van der Waals surface area contributed by atoms with E-state index in [1.165, 1.54) is 6.42 Å². The summed E-state index contributed by atoms with van der Waals surface area (Å²) in [7, 11) is 0. The molecule has 0 aromatic carbocycles. The molecule has 46 valence electrons. The summed E-state index contributed by atoms with van der Waals surface area (Å²) in [5.74, 6) is 0.761. The Labute approximate surface area is 51.5 Å². The second-order valence-electron chi connectivity index (χ2n) is 2.42. The highest BCUT2D eigenvalue weighted by molar-refractivity contribution is 4.58. The van der Waals surface area contributed by atoms with Crippen molar-refractivity contribution in [2.75, 3.05) is 6.54 Å². The van der Waals surface area contributed by atoms with Crippen LogP contribution in [0.3, 0.4) is 0 Å². The normalized spacial score (nSPS) is 9.25. The van der Waals surface area contributed by atoms with Gasteiger partial charge in [-0.3, -0.25) is 0 Å². The quantitative estimate of drug-likeness (QED) is 0.389. The molecule has 1 heteroatoms. The van der Waals surface area contributed by atoms with Gasteiger partial charge in [0.15, 0.2) is 0 Å². The van der Waals surface area contributed by atoms with Crippen LogP contribution in [0.5, 0.6) is 0 Å². The first kappa shape index (κ1) is 7.49. The lowest BCUT2D eigenvalue weighted by molar-refractivity contribution is 0.571. The van der Waals surface area contributed by atoms with Crippen molar-refractivity contribution in [1.29, 1.82) is 0 Å². The van der Waals surface area contributed by atoms with Crippen molar-refractivity contribution >= 4 is 0 Å². The highest BCUT2D eigenvalue weighted by Crippen LogP contribution is 2.02. The van der Waals surface area contributed by atoms with Crippen molar-refractivity contribution in [1.82, 2.24) is 0 Å². The maximum atomic E-state index is 6.47.